The number of likely N-dealkylation sites (tertiary alicyclic amines) is 1. The summed E-state index contributed by atoms with van der Waals surface area (Å²) in [6.07, 6.45) is 3.25. The van der Waals surface area contributed by atoms with Crippen LogP contribution in [0.3, 0.4) is 0 Å². The third kappa shape index (κ3) is 2.91. The standard InChI is InChI=1S/C21H28N4O/c1-14(2)15-5-7-17(8-6-15)21(26,20(3)12-25(4)13-20)18-9-16(19(22)23)10-24-11-18/h5-11,14,26H,12-13H2,1-4H3,(H3,22,23). The molecule has 0 saturated carbocycles. The van der Waals surface area contributed by atoms with E-state index in [-0.39, 0.29) is 11.3 Å². The molecule has 1 unspecified atom stereocenters. The lowest BCUT2D eigenvalue weighted by Gasteiger charge is -2.55. The van der Waals surface area contributed by atoms with Crippen LogP contribution < -0.4 is 5.73 Å². The molecule has 0 bridgehead atoms. The number of nitrogen functional groups attached to an aromatic ring is 1. The van der Waals surface area contributed by atoms with Gasteiger partial charge in [0.15, 0.2) is 0 Å². The summed E-state index contributed by atoms with van der Waals surface area (Å²) in [4.78, 5) is 6.43. The third-order valence-corrected chi connectivity index (χ3v) is 5.57. The largest absolute Gasteiger partial charge is 0.384 e. The zero-order valence-electron chi connectivity index (χ0n) is 16.0. The predicted octanol–water partition coefficient (Wildman–Crippen LogP) is 2.68. The molecule has 1 aromatic heterocycles. The van der Waals surface area contributed by atoms with E-state index >= 15 is 0 Å². The first-order valence-corrected chi connectivity index (χ1v) is 8.98. The predicted molar refractivity (Wildman–Crippen MR) is 104 cm³/mol. The Morgan fingerprint density at radius 3 is 2.35 bits per heavy atom. The van der Waals surface area contributed by atoms with E-state index in [0.29, 0.717) is 17.0 Å². The number of pyridine rings is 1. The first-order chi connectivity index (χ1) is 12.2. The van der Waals surface area contributed by atoms with Gasteiger partial charge in [0.2, 0.25) is 0 Å². The fourth-order valence-electron chi connectivity index (χ4n) is 4.13. The second-order valence-electron chi connectivity index (χ2n) is 8.10. The Balaban J connectivity index is 2.14. The summed E-state index contributed by atoms with van der Waals surface area (Å²) < 4.78 is 0. The second-order valence-corrected chi connectivity index (χ2v) is 8.10. The molecule has 0 amide bonds. The Hall–Kier alpha value is -2.24. The van der Waals surface area contributed by atoms with Crippen molar-refractivity contribution in [1.29, 1.82) is 5.41 Å². The Morgan fingerprint density at radius 2 is 1.85 bits per heavy atom. The minimum absolute atomic E-state index is 0.0484. The van der Waals surface area contributed by atoms with Gasteiger partial charge in [-0.05, 0) is 30.2 Å². The van der Waals surface area contributed by atoms with E-state index < -0.39 is 5.60 Å². The minimum Gasteiger partial charge on any atom is -0.384 e. The summed E-state index contributed by atoms with van der Waals surface area (Å²) in [5, 5.41) is 19.7. The average Bonchev–Trinajstić information content (AvgIpc) is 2.59. The lowest BCUT2D eigenvalue weighted by atomic mass is 9.62. The molecule has 2 heterocycles. The van der Waals surface area contributed by atoms with Crippen LogP contribution in [0.25, 0.3) is 0 Å². The molecule has 3 rings (SSSR count). The molecular formula is C21H28N4O. The zero-order chi connectivity index (χ0) is 19.1. The fraction of sp³-hybridized carbons (Fsp3) is 0.429. The van der Waals surface area contributed by atoms with E-state index in [1.807, 2.05) is 19.2 Å². The quantitative estimate of drug-likeness (QED) is 0.570. The van der Waals surface area contributed by atoms with Crippen molar-refractivity contribution < 1.29 is 5.11 Å². The van der Waals surface area contributed by atoms with Gasteiger partial charge in [0.05, 0.1) is 0 Å². The summed E-state index contributed by atoms with van der Waals surface area (Å²) >= 11 is 0. The van der Waals surface area contributed by atoms with Crippen LogP contribution >= 0.6 is 0 Å². The van der Waals surface area contributed by atoms with Gasteiger partial charge >= 0.3 is 0 Å². The highest BCUT2D eigenvalue weighted by Gasteiger charge is 2.55. The smallest absolute Gasteiger partial charge is 0.124 e. The molecule has 1 fully saturated rings. The van der Waals surface area contributed by atoms with Crippen molar-refractivity contribution in [2.24, 2.45) is 11.1 Å². The van der Waals surface area contributed by atoms with Crippen molar-refractivity contribution >= 4 is 5.84 Å². The summed E-state index contributed by atoms with van der Waals surface area (Å²) in [5.74, 6) is 0.387. The van der Waals surface area contributed by atoms with Crippen LogP contribution in [0, 0.1) is 10.8 Å². The van der Waals surface area contributed by atoms with E-state index in [2.05, 4.69) is 42.8 Å². The maximum atomic E-state index is 12.0. The van der Waals surface area contributed by atoms with Gasteiger partial charge in [-0.1, -0.05) is 45.0 Å². The van der Waals surface area contributed by atoms with Crippen molar-refractivity contribution in [3.63, 3.8) is 0 Å². The Morgan fingerprint density at radius 1 is 1.23 bits per heavy atom. The van der Waals surface area contributed by atoms with Gasteiger partial charge in [-0.3, -0.25) is 10.4 Å². The second kappa shape index (κ2) is 6.49. The van der Waals surface area contributed by atoms with Crippen LogP contribution in [0.1, 0.15) is 48.9 Å². The lowest BCUT2D eigenvalue weighted by molar-refractivity contribution is -0.127. The van der Waals surface area contributed by atoms with Gasteiger partial charge in [0.1, 0.15) is 11.4 Å². The van der Waals surface area contributed by atoms with E-state index in [0.717, 1.165) is 18.7 Å². The highest BCUT2D eigenvalue weighted by atomic mass is 16.3. The first kappa shape index (κ1) is 18.5. The molecule has 1 saturated heterocycles. The summed E-state index contributed by atoms with van der Waals surface area (Å²) in [5.41, 5.74) is 7.39. The molecule has 1 aliphatic rings. The maximum absolute atomic E-state index is 12.0. The number of aromatic nitrogens is 1. The highest BCUT2D eigenvalue weighted by Crippen LogP contribution is 2.50. The number of nitrogens with zero attached hydrogens (tertiary/aromatic N) is 2. The molecule has 1 aliphatic heterocycles. The van der Waals surface area contributed by atoms with Gasteiger partial charge < -0.3 is 15.7 Å². The van der Waals surface area contributed by atoms with Crippen LogP contribution in [0.2, 0.25) is 0 Å². The molecule has 1 atom stereocenters. The molecule has 0 radical (unpaired) electrons. The first-order valence-electron chi connectivity index (χ1n) is 8.98. The number of nitrogens with one attached hydrogen (secondary N) is 1. The Kier molecular flexibility index (Phi) is 4.63. The van der Waals surface area contributed by atoms with Crippen LogP contribution in [0.15, 0.2) is 42.7 Å². The van der Waals surface area contributed by atoms with Crippen molar-refractivity contribution in [2.75, 3.05) is 20.1 Å². The molecule has 5 nitrogen and oxygen atoms in total. The zero-order valence-corrected chi connectivity index (χ0v) is 16.0. The van der Waals surface area contributed by atoms with Crippen molar-refractivity contribution in [3.8, 4) is 0 Å². The SMILES string of the molecule is CC(C)c1ccc(C(O)(c2cncc(C(=N)N)c2)C2(C)CN(C)C2)cc1. The van der Waals surface area contributed by atoms with Gasteiger partial charge in [-0.25, -0.2) is 0 Å². The van der Waals surface area contributed by atoms with Gasteiger partial charge in [-0.15, -0.1) is 0 Å². The molecular weight excluding hydrogens is 324 g/mol. The number of hydrogen-bond donors (Lipinski definition) is 3. The monoisotopic (exact) mass is 352 g/mol. The Labute approximate surface area is 155 Å². The molecule has 138 valence electrons. The molecule has 0 spiro atoms. The molecule has 0 aliphatic carbocycles. The summed E-state index contributed by atoms with van der Waals surface area (Å²) in [6, 6.07) is 9.98. The average molecular weight is 352 g/mol. The topological polar surface area (TPSA) is 86.2 Å². The van der Waals surface area contributed by atoms with E-state index in [1.54, 1.807) is 18.5 Å². The van der Waals surface area contributed by atoms with E-state index in [9.17, 15) is 5.11 Å². The maximum Gasteiger partial charge on any atom is 0.124 e. The molecule has 4 N–H and O–H groups in total. The van der Waals surface area contributed by atoms with Crippen LogP contribution in [0.4, 0.5) is 0 Å². The summed E-state index contributed by atoms with van der Waals surface area (Å²) in [6.45, 7) is 7.97. The van der Waals surface area contributed by atoms with Crippen molar-refractivity contribution in [2.45, 2.75) is 32.3 Å². The number of aliphatic hydroxyl groups is 1. The number of rotatable bonds is 5. The highest BCUT2D eigenvalue weighted by molar-refractivity contribution is 5.94. The number of amidine groups is 1. The minimum atomic E-state index is -1.20. The number of hydrogen-bond acceptors (Lipinski definition) is 4. The Bertz CT molecular complexity index is 809. The third-order valence-electron chi connectivity index (χ3n) is 5.57. The molecule has 5 heteroatoms. The van der Waals surface area contributed by atoms with Crippen molar-refractivity contribution in [1.82, 2.24) is 9.88 Å². The van der Waals surface area contributed by atoms with Crippen LogP contribution in [0.5, 0.6) is 0 Å². The van der Waals surface area contributed by atoms with Crippen LogP contribution in [-0.2, 0) is 5.60 Å². The van der Waals surface area contributed by atoms with Gasteiger partial charge in [-0.2, -0.15) is 0 Å². The van der Waals surface area contributed by atoms with Crippen LogP contribution in [-0.4, -0.2) is 41.0 Å². The molecule has 1 aromatic carbocycles. The van der Waals surface area contributed by atoms with Gasteiger partial charge in [0, 0.05) is 42.0 Å². The number of benzene rings is 1. The fourth-order valence-corrected chi connectivity index (χ4v) is 4.13. The summed E-state index contributed by atoms with van der Waals surface area (Å²) in [7, 11) is 2.05. The molecule has 26 heavy (non-hydrogen) atoms. The normalized spacial score (nSPS) is 19.0. The number of nitrogens with two attached hydrogens (primary N) is 1. The van der Waals surface area contributed by atoms with E-state index in [1.165, 1.54) is 5.56 Å². The van der Waals surface area contributed by atoms with Crippen molar-refractivity contribution in [3.05, 3.63) is 65.0 Å². The van der Waals surface area contributed by atoms with E-state index in [4.69, 9.17) is 11.1 Å². The lowest BCUT2D eigenvalue weighted by Crippen LogP contribution is -2.63. The molecule has 2 aromatic rings. The van der Waals surface area contributed by atoms with Gasteiger partial charge in [0.25, 0.3) is 0 Å².